The summed E-state index contributed by atoms with van der Waals surface area (Å²) < 4.78 is 4.93. The number of anilines is 1. The Labute approximate surface area is 145 Å². The number of rotatable bonds is 3. The molecule has 0 bridgehead atoms. The fraction of sp³-hybridized carbons (Fsp3) is 0.133. The number of benzene rings is 1. The normalized spacial score (nSPS) is 14.7. The molecule has 1 aliphatic heterocycles. The molecule has 0 spiro atoms. The van der Waals surface area contributed by atoms with E-state index >= 15 is 0 Å². The molecule has 1 N–H and O–H groups in total. The third-order valence-corrected chi connectivity index (χ3v) is 4.53. The Bertz CT molecular complexity index is 845. The summed E-state index contributed by atoms with van der Waals surface area (Å²) in [5, 5.41) is 3.95. The first-order valence-electron chi connectivity index (χ1n) is 6.66. The van der Waals surface area contributed by atoms with Crippen LogP contribution >= 0.6 is 34.5 Å². The maximum Gasteiger partial charge on any atom is 0.348 e. The lowest BCUT2D eigenvalue weighted by Gasteiger charge is -2.01. The summed E-state index contributed by atoms with van der Waals surface area (Å²) in [6.07, 6.45) is 0. The van der Waals surface area contributed by atoms with Gasteiger partial charge < -0.3 is 10.1 Å². The molecule has 1 aromatic carbocycles. The highest BCUT2D eigenvalue weighted by molar-refractivity contribution is 7.17. The smallest absolute Gasteiger partial charge is 0.348 e. The van der Waals surface area contributed by atoms with Crippen LogP contribution in [0.15, 0.2) is 29.3 Å². The van der Waals surface area contributed by atoms with Crippen molar-refractivity contribution in [2.24, 2.45) is 4.99 Å². The van der Waals surface area contributed by atoms with Crippen LogP contribution in [0.2, 0.25) is 10.0 Å². The predicted molar refractivity (Wildman–Crippen MR) is 91.6 cm³/mol. The van der Waals surface area contributed by atoms with Gasteiger partial charge in [-0.15, -0.1) is 11.3 Å². The average Bonchev–Trinajstić information content (AvgIpc) is 3.07. The maximum absolute atomic E-state index is 12.1. The minimum atomic E-state index is -0.411. The van der Waals surface area contributed by atoms with Crippen molar-refractivity contribution >= 4 is 62.8 Å². The molecule has 0 aliphatic carbocycles. The number of esters is 1. The van der Waals surface area contributed by atoms with E-state index in [4.69, 9.17) is 27.9 Å². The van der Waals surface area contributed by atoms with Crippen LogP contribution in [-0.4, -0.2) is 24.2 Å². The molecule has 0 fully saturated rings. The monoisotopic (exact) mass is 368 g/mol. The summed E-state index contributed by atoms with van der Waals surface area (Å²) in [4.78, 5) is 28.5. The van der Waals surface area contributed by atoms with Gasteiger partial charge in [0.05, 0.1) is 17.3 Å². The summed E-state index contributed by atoms with van der Waals surface area (Å²) in [7, 11) is 0. The molecule has 2 heterocycles. The minimum absolute atomic E-state index is 0.210. The Morgan fingerprint density at radius 2 is 2.13 bits per heavy atom. The molecule has 0 unspecified atom stereocenters. The van der Waals surface area contributed by atoms with Crippen LogP contribution in [0.4, 0.5) is 10.7 Å². The summed E-state index contributed by atoms with van der Waals surface area (Å²) in [5.74, 6) is -0.776. The van der Waals surface area contributed by atoms with Crippen LogP contribution in [-0.2, 0) is 9.53 Å². The van der Waals surface area contributed by atoms with Crippen molar-refractivity contribution in [2.75, 3.05) is 11.9 Å². The molecule has 5 nitrogen and oxygen atoms in total. The lowest BCUT2D eigenvalue weighted by Crippen LogP contribution is -2.13. The zero-order chi connectivity index (χ0) is 16.6. The van der Waals surface area contributed by atoms with Crippen LogP contribution < -0.4 is 5.32 Å². The van der Waals surface area contributed by atoms with E-state index in [0.29, 0.717) is 37.8 Å². The predicted octanol–water partition coefficient (Wildman–Crippen LogP) is 4.30. The van der Waals surface area contributed by atoms with Gasteiger partial charge in [-0.05, 0) is 31.2 Å². The summed E-state index contributed by atoms with van der Waals surface area (Å²) in [5.41, 5.74) is 1.24. The summed E-state index contributed by atoms with van der Waals surface area (Å²) in [6.45, 7) is 2.04. The van der Waals surface area contributed by atoms with Crippen LogP contribution in [0.25, 0.3) is 0 Å². The number of hydrogen-bond acceptors (Lipinski definition) is 5. The van der Waals surface area contributed by atoms with Gasteiger partial charge in [0, 0.05) is 10.6 Å². The molecule has 0 radical (unpaired) electrons. The van der Waals surface area contributed by atoms with Crippen molar-refractivity contribution in [1.82, 2.24) is 0 Å². The second-order valence-electron chi connectivity index (χ2n) is 4.58. The average molecular weight is 369 g/mol. The van der Waals surface area contributed by atoms with E-state index in [2.05, 4.69) is 10.3 Å². The molecule has 2 aromatic rings. The Balaban J connectivity index is 1.98. The number of thiophene rings is 1. The molecule has 0 atom stereocenters. The van der Waals surface area contributed by atoms with Crippen molar-refractivity contribution in [3.05, 3.63) is 44.8 Å². The number of carbonyl (C=O) groups excluding carboxylic acids is 2. The lowest BCUT2D eigenvalue weighted by molar-refractivity contribution is -0.110. The van der Waals surface area contributed by atoms with Crippen molar-refractivity contribution in [3.63, 3.8) is 0 Å². The molecule has 3 rings (SSSR count). The first kappa shape index (κ1) is 16.0. The minimum Gasteiger partial charge on any atom is -0.462 e. The van der Waals surface area contributed by atoms with Gasteiger partial charge in [-0.2, -0.15) is 0 Å². The van der Waals surface area contributed by atoms with Gasteiger partial charge in [0.15, 0.2) is 0 Å². The Kier molecular flexibility index (Phi) is 4.39. The molecule has 0 saturated carbocycles. The van der Waals surface area contributed by atoms with Crippen molar-refractivity contribution in [3.8, 4) is 0 Å². The van der Waals surface area contributed by atoms with Crippen molar-refractivity contribution < 1.29 is 14.3 Å². The Hall–Kier alpha value is -1.89. The largest absolute Gasteiger partial charge is 0.462 e. The topological polar surface area (TPSA) is 67.8 Å². The highest BCUT2D eigenvalue weighted by Gasteiger charge is 2.28. The van der Waals surface area contributed by atoms with E-state index in [1.165, 1.54) is 0 Å². The van der Waals surface area contributed by atoms with Crippen molar-refractivity contribution in [2.45, 2.75) is 6.92 Å². The van der Waals surface area contributed by atoms with Crippen LogP contribution in [0.3, 0.4) is 0 Å². The zero-order valence-corrected chi connectivity index (χ0v) is 14.2. The van der Waals surface area contributed by atoms with E-state index in [-0.39, 0.29) is 11.6 Å². The molecule has 1 aromatic heterocycles. The molecule has 23 heavy (non-hydrogen) atoms. The number of halogens is 2. The Morgan fingerprint density at radius 3 is 2.87 bits per heavy atom. The number of ether oxygens (including phenoxy) is 1. The van der Waals surface area contributed by atoms with E-state index < -0.39 is 5.97 Å². The molecular formula is C15H10Cl2N2O3S. The van der Waals surface area contributed by atoms with Gasteiger partial charge >= 0.3 is 5.97 Å². The molecule has 118 valence electrons. The SMILES string of the molecule is CCOC(=O)c1ccc(/N=C2\C(=O)Nc3c(Cl)cc(Cl)cc32)s1. The van der Waals surface area contributed by atoms with Crippen molar-refractivity contribution in [1.29, 1.82) is 0 Å². The van der Waals surface area contributed by atoms with Crippen LogP contribution in [0, 0.1) is 0 Å². The zero-order valence-electron chi connectivity index (χ0n) is 11.9. The first-order chi connectivity index (χ1) is 11.0. The lowest BCUT2D eigenvalue weighted by atomic mass is 10.1. The summed E-state index contributed by atoms with van der Waals surface area (Å²) >= 11 is 13.2. The number of amides is 1. The highest BCUT2D eigenvalue weighted by Crippen LogP contribution is 2.36. The fourth-order valence-corrected chi connectivity index (χ4v) is 3.42. The number of nitrogens with zero attached hydrogens (tertiary/aromatic N) is 1. The third-order valence-electron chi connectivity index (χ3n) is 3.05. The van der Waals surface area contributed by atoms with E-state index in [9.17, 15) is 9.59 Å². The van der Waals surface area contributed by atoms with E-state index in [0.717, 1.165) is 11.3 Å². The standard InChI is InChI=1S/C15H10Cl2N2O3S/c1-2-22-15(21)10-3-4-11(23-10)18-13-8-5-7(16)6-9(17)12(8)19-14(13)20/h3-6H,2H2,1H3,(H,18,19,20). The fourth-order valence-electron chi connectivity index (χ4n) is 2.10. The molecule has 0 saturated heterocycles. The van der Waals surface area contributed by atoms with E-state index in [1.807, 2.05) is 0 Å². The molecular weight excluding hydrogens is 359 g/mol. The number of nitrogens with one attached hydrogen (secondary N) is 1. The maximum atomic E-state index is 12.1. The Morgan fingerprint density at radius 1 is 1.35 bits per heavy atom. The number of aliphatic imine (C=N–C) groups is 1. The van der Waals surface area contributed by atoms with Crippen LogP contribution in [0.1, 0.15) is 22.2 Å². The second kappa shape index (κ2) is 6.31. The number of fused-ring (bicyclic) bond motifs is 1. The quantitative estimate of drug-likeness (QED) is 0.820. The highest BCUT2D eigenvalue weighted by atomic mass is 35.5. The molecule has 1 amide bonds. The second-order valence-corrected chi connectivity index (χ2v) is 6.49. The molecule has 1 aliphatic rings. The van der Waals surface area contributed by atoms with Gasteiger partial charge in [0.1, 0.15) is 15.6 Å². The molecule has 8 heteroatoms. The number of carbonyl (C=O) groups is 2. The van der Waals surface area contributed by atoms with Gasteiger partial charge in [0.25, 0.3) is 5.91 Å². The van der Waals surface area contributed by atoms with E-state index in [1.54, 1.807) is 31.2 Å². The summed E-state index contributed by atoms with van der Waals surface area (Å²) in [6, 6.07) is 6.44. The van der Waals surface area contributed by atoms with Gasteiger partial charge in [0.2, 0.25) is 0 Å². The van der Waals surface area contributed by atoms with Gasteiger partial charge in [-0.3, -0.25) is 4.79 Å². The van der Waals surface area contributed by atoms with Gasteiger partial charge in [-0.1, -0.05) is 23.2 Å². The first-order valence-corrected chi connectivity index (χ1v) is 8.23. The third kappa shape index (κ3) is 3.10. The van der Waals surface area contributed by atoms with Gasteiger partial charge in [-0.25, -0.2) is 9.79 Å². The van der Waals surface area contributed by atoms with Crippen LogP contribution in [0.5, 0.6) is 0 Å². The number of hydrogen-bond donors (Lipinski definition) is 1.